The molecule has 5 nitrogen and oxygen atoms in total. The van der Waals surface area contributed by atoms with Crippen molar-refractivity contribution in [3.8, 4) is 11.1 Å². The maximum absolute atomic E-state index is 12.1. The van der Waals surface area contributed by atoms with Gasteiger partial charge in [-0.3, -0.25) is 5.32 Å². The Morgan fingerprint density at radius 2 is 1.91 bits per heavy atom. The number of hydrogen-bond acceptors (Lipinski definition) is 3. The van der Waals surface area contributed by atoms with E-state index in [-0.39, 0.29) is 12.1 Å². The summed E-state index contributed by atoms with van der Waals surface area (Å²) in [4.78, 5) is 12.1. The molecule has 0 spiro atoms. The predicted octanol–water partition coefficient (Wildman–Crippen LogP) is 4.10. The molecular weight excluding hydrogens is 278 g/mol. The van der Waals surface area contributed by atoms with Crippen molar-refractivity contribution in [1.82, 2.24) is 10.5 Å². The number of urea groups is 1. The van der Waals surface area contributed by atoms with Gasteiger partial charge in [-0.1, -0.05) is 54.2 Å². The zero-order chi connectivity index (χ0) is 15.4. The first-order valence-corrected chi connectivity index (χ1v) is 7.81. The Morgan fingerprint density at radius 3 is 2.64 bits per heavy atom. The van der Waals surface area contributed by atoms with Crippen molar-refractivity contribution in [2.75, 3.05) is 5.32 Å². The quantitative estimate of drug-likeness (QED) is 0.896. The van der Waals surface area contributed by atoms with Crippen molar-refractivity contribution in [1.29, 1.82) is 0 Å². The molecule has 0 radical (unpaired) electrons. The van der Waals surface area contributed by atoms with Crippen molar-refractivity contribution < 1.29 is 9.32 Å². The van der Waals surface area contributed by atoms with E-state index in [4.69, 9.17) is 4.52 Å². The lowest BCUT2D eigenvalue weighted by atomic mass is 9.96. The SMILES string of the molecule is Cc1ccc(-c2cnoc2NC(=O)NC2CCCCC2)cc1. The molecule has 0 saturated heterocycles. The third kappa shape index (κ3) is 3.47. The maximum atomic E-state index is 12.1. The molecule has 1 aliphatic rings. The van der Waals surface area contributed by atoms with Crippen LogP contribution in [0.2, 0.25) is 0 Å². The van der Waals surface area contributed by atoms with Crippen molar-refractivity contribution in [3.05, 3.63) is 36.0 Å². The number of nitrogens with one attached hydrogen (secondary N) is 2. The zero-order valence-corrected chi connectivity index (χ0v) is 12.8. The van der Waals surface area contributed by atoms with Crippen LogP contribution in [0.15, 0.2) is 35.0 Å². The van der Waals surface area contributed by atoms with Crippen LogP contribution < -0.4 is 10.6 Å². The number of nitrogens with zero attached hydrogens (tertiary/aromatic N) is 1. The zero-order valence-electron chi connectivity index (χ0n) is 12.8. The highest BCUT2D eigenvalue weighted by molar-refractivity contribution is 5.92. The summed E-state index contributed by atoms with van der Waals surface area (Å²) < 4.78 is 5.19. The van der Waals surface area contributed by atoms with Gasteiger partial charge in [0.15, 0.2) is 0 Å². The second-order valence-electron chi connectivity index (χ2n) is 5.87. The van der Waals surface area contributed by atoms with Gasteiger partial charge in [0, 0.05) is 6.04 Å². The number of aryl methyl sites for hydroxylation is 1. The molecule has 2 N–H and O–H groups in total. The molecule has 2 aromatic rings. The van der Waals surface area contributed by atoms with E-state index in [1.807, 2.05) is 31.2 Å². The third-order valence-corrected chi connectivity index (χ3v) is 4.10. The van der Waals surface area contributed by atoms with Gasteiger partial charge >= 0.3 is 6.03 Å². The Hall–Kier alpha value is -2.30. The van der Waals surface area contributed by atoms with Crippen LogP contribution in [0.1, 0.15) is 37.7 Å². The Balaban J connectivity index is 1.66. The van der Waals surface area contributed by atoms with Gasteiger partial charge in [0.05, 0.1) is 11.8 Å². The minimum Gasteiger partial charge on any atom is -0.338 e. The highest BCUT2D eigenvalue weighted by Gasteiger charge is 2.18. The summed E-state index contributed by atoms with van der Waals surface area (Å²) in [5.74, 6) is 0.386. The van der Waals surface area contributed by atoms with Gasteiger partial charge in [-0.15, -0.1) is 0 Å². The highest BCUT2D eigenvalue weighted by Crippen LogP contribution is 2.28. The molecule has 0 atom stereocenters. The van der Waals surface area contributed by atoms with Gasteiger partial charge in [-0.2, -0.15) is 0 Å². The Labute approximate surface area is 130 Å². The van der Waals surface area contributed by atoms with Crippen molar-refractivity contribution in [2.24, 2.45) is 0 Å². The van der Waals surface area contributed by atoms with Gasteiger partial charge < -0.3 is 9.84 Å². The largest absolute Gasteiger partial charge is 0.338 e. The molecule has 0 bridgehead atoms. The number of amides is 2. The van der Waals surface area contributed by atoms with Crippen LogP contribution in [0.25, 0.3) is 11.1 Å². The van der Waals surface area contributed by atoms with Gasteiger partial charge in [-0.05, 0) is 25.3 Å². The normalized spacial score (nSPS) is 15.5. The molecular formula is C17H21N3O2. The monoisotopic (exact) mass is 299 g/mol. The lowest BCUT2D eigenvalue weighted by Crippen LogP contribution is -2.39. The molecule has 2 amide bonds. The smallest absolute Gasteiger partial charge is 0.321 e. The van der Waals surface area contributed by atoms with E-state index < -0.39 is 0 Å². The summed E-state index contributed by atoms with van der Waals surface area (Å²) in [6, 6.07) is 8.07. The van der Waals surface area contributed by atoms with E-state index in [0.29, 0.717) is 5.88 Å². The second-order valence-corrected chi connectivity index (χ2v) is 5.87. The van der Waals surface area contributed by atoms with Crippen molar-refractivity contribution in [2.45, 2.75) is 45.1 Å². The molecule has 0 aliphatic heterocycles. The molecule has 1 aliphatic carbocycles. The van der Waals surface area contributed by atoms with E-state index in [1.54, 1.807) is 6.20 Å². The average molecular weight is 299 g/mol. The van der Waals surface area contributed by atoms with Crippen LogP contribution in [-0.4, -0.2) is 17.2 Å². The lowest BCUT2D eigenvalue weighted by Gasteiger charge is -2.22. The van der Waals surface area contributed by atoms with Crippen LogP contribution >= 0.6 is 0 Å². The summed E-state index contributed by atoms with van der Waals surface area (Å²) in [5, 5.41) is 9.58. The second kappa shape index (κ2) is 6.64. The Bertz CT molecular complexity index is 628. The average Bonchev–Trinajstić information content (AvgIpc) is 2.97. The first kappa shape index (κ1) is 14.6. The van der Waals surface area contributed by atoms with Crippen molar-refractivity contribution >= 4 is 11.9 Å². The third-order valence-electron chi connectivity index (χ3n) is 4.10. The number of anilines is 1. The van der Waals surface area contributed by atoms with E-state index in [2.05, 4.69) is 15.8 Å². The Kier molecular flexibility index (Phi) is 4.42. The van der Waals surface area contributed by atoms with E-state index in [9.17, 15) is 4.79 Å². The van der Waals surface area contributed by atoms with E-state index in [1.165, 1.54) is 24.8 Å². The van der Waals surface area contributed by atoms with Gasteiger partial charge in [0.2, 0.25) is 5.88 Å². The number of aromatic nitrogens is 1. The number of carbonyl (C=O) groups is 1. The molecule has 1 aromatic heterocycles. The molecule has 1 saturated carbocycles. The van der Waals surface area contributed by atoms with Crippen LogP contribution in [0.4, 0.5) is 10.7 Å². The van der Waals surface area contributed by atoms with Gasteiger partial charge in [-0.25, -0.2) is 4.79 Å². The number of rotatable bonds is 3. The fraction of sp³-hybridized carbons (Fsp3) is 0.412. The molecule has 1 fully saturated rings. The fourth-order valence-electron chi connectivity index (χ4n) is 2.84. The summed E-state index contributed by atoms with van der Waals surface area (Å²) in [6.45, 7) is 2.04. The number of hydrogen-bond donors (Lipinski definition) is 2. The molecule has 0 unspecified atom stereocenters. The minimum absolute atomic E-state index is 0.225. The first-order chi connectivity index (χ1) is 10.7. The summed E-state index contributed by atoms with van der Waals surface area (Å²) in [6.07, 6.45) is 7.35. The minimum atomic E-state index is -0.225. The van der Waals surface area contributed by atoms with Crippen molar-refractivity contribution in [3.63, 3.8) is 0 Å². The topological polar surface area (TPSA) is 67.2 Å². The first-order valence-electron chi connectivity index (χ1n) is 7.81. The summed E-state index contributed by atoms with van der Waals surface area (Å²) in [5.41, 5.74) is 2.95. The van der Waals surface area contributed by atoms with Crippen LogP contribution in [-0.2, 0) is 0 Å². The molecule has 1 heterocycles. The van der Waals surface area contributed by atoms with Gasteiger partial charge in [0.25, 0.3) is 0 Å². The Morgan fingerprint density at radius 1 is 1.18 bits per heavy atom. The molecule has 3 rings (SSSR count). The molecule has 5 heteroatoms. The van der Waals surface area contributed by atoms with Crippen LogP contribution in [0.5, 0.6) is 0 Å². The van der Waals surface area contributed by atoms with E-state index in [0.717, 1.165) is 24.0 Å². The maximum Gasteiger partial charge on any atom is 0.321 e. The number of carbonyl (C=O) groups excluding carboxylic acids is 1. The lowest BCUT2D eigenvalue weighted by molar-refractivity contribution is 0.243. The van der Waals surface area contributed by atoms with E-state index >= 15 is 0 Å². The predicted molar refractivity (Wildman–Crippen MR) is 85.7 cm³/mol. The summed E-state index contributed by atoms with van der Waals surface area (Å²) in [7, 11) is 0. The molecule has 1 aromatic carbocycles. The van der Waals surface area contributed by atoms with Crippen LogP contribution in [0.3, 0.4) is 0 Å². The molecule has 116 valence electrons. The van der Waals surface area contributed by atoms with Crippen LogP contribution in [0, 0.1) is 6.92 Å². The highest BCUT2D eigenvalue weighted by atomic mass is 16.5. The molecule has 22 heavy (non-hydrogen) atoms. The fourth-order valence-corrected chi connectivity index (χ4v) is 2.84. The number of benzene rings is 1. The standard InChI is InChI=1S/C17H21N3O2/c1-12-7-9-13(10-8-12)15-11-18-22-16(15)20-17(21)19-14-5-3-2-4-6-14/h7-11,14H,2-6H2,1H3,(H2,19,20,21). The van der Waals surface area contributed by atoms with Gasteiger partial charge in [0.1, 0.15) is 0 Å². The summed E-state index contributed by atoms with van der Waals surface area (Å²) >= 11 is 0.